The number of rotatable bonds is 10. The van der Waals surface area contributed by atoms with Crippen LogP contribution in [0, 0.1) is 13.8 Å². The van der Waals surface area contributed by atoms with Gasteiger partial charge in [0.2, 0.25) is 0 Å². The number of ether oxygens (including phenoxy) is 3. The monoisotopic (exact) mass is 772 g/mol. The van der Waals surface area contributed by atoms with Crippen molar-refractivity contribution in [2.24, 2.45) is 0 Å². The Labute approximate surface area is 335 Å². The molecule has 0 spiro atoms. The first-order chi connectivity index (χ1) is 27.8. The number of carbonyl (C=O) groups excluding carboxylic acids is 5. The maximum atomic E-state index is 13.9. The van der Waals surface area contributed by atoms with E-state index in [9.17, 15) is 24.0 Å². The lowest BCUT2D eigenvalue weighted by Gasteiger charge is -2.35. The van der Waals surface area contributed by atoms with Gasteiger partial charge in [0, 0.05) is 41.0 Å². The Balaban J connectivity index is 1.20. The topological polar surface area (TPSA) is 120 Å². The van der Waals surface area contributed by atoms with Crippen LogP contribution in [-0.2, 0) is 29.5 Å². The van der Waals surface area contributed by atoms with Crippen molar-refractivity contribution < 1.29 is 38.2 Å². The van der Waals surface area contributed by atoms with E-state index in [0.717, 1.165) is 48.7 Å². The summed E-state index contributed by atoms with van der Waals surface area (Å²) in [5, 5.41) is 0. The Morgan fingerprint density at radius 3 is 1.31 bits per heavy atom. The molecule has 3 aliphatic heterocycles. The highest BCUT2D eigenvalue weighted by Gasteiger charge is 2.50. The van der Waals surface area contributed by atoms with Gasteiger partial charge in [-0.1, -0.05) is 45.9 Å². The Morgan fingerprint density at radius 2 is 0.914 bits per heavy atom. The second kappa shape index (κ2) is 14.5. The van der Waals surface area contributed by atoms with Gasteiger partial charge in [-0.15, -0.1) is 0 Å². The molecule has 0 atom stereocenters. The number of anilines is 2. The summed E-state index contributed by atoms with van der Waals surface area (Å²) in [7, 11) is 0. The Hall–Kier alpha value is -7.07. The average Bonchev–Trinajstić information content (AvgIpc) is 3.82. The van der Waals surface area contributed by atoms with Crippen molar-refractivity contribution in [2.75, 3.05) is 9.80 Å². The third-order valence-corrected chi connectivity index (χ3v) is 10.8. The smallest absolute Gasteiger partial charge is 0.340 e. The number of imide groups is 2. The summed E-state index contributed by atoms with van der Waals surface area (Å²) >= 11 is 0. The molecule has 0 saturated carbocycles. The molecule has 0 aliphatic carbocycles. The Bertz CT molecular complexity index is 2430. The summed E-state index contributed by atoms with van der Waals surface area (Å²) < 4.78 is 19.6. The Morgan fingerprint density at radius 1 is 0.517 bits per heavy atom. The minimum atomic E-state index is -1.32. The van der Waals surface area contributed by atoms with E-state index >= 15 is 0 Å². The molecule has 0 fully saturated rings. The third kappa shape index (κ3) is 6.36. The summed E-state index contributed by atoms with van der Waals surface area (Å²) in [5.74, 6) is 0.272. The number of fused-ring (bicyclic) bond motifs is 1. The van der Waals surface area contributed by atoms with Crippen LogP contribution in [-0.4, -0.2) is 29.6 Å². The van der Waals surface area contributed by atoms with Crippen molar-refractivity contribution in [2.45, 2.75) is 59.0 Å². The molecular weight excluding hydrogens is 733 g/mol. The van der Waals surface area contributed by atoms with Gasteiger partial charge in [-0.25, -0.2) is 14.6 Å². The highest BCUT2D eigenvalue weighted by atomic mass is 16.6. The van der Waals surface area contributed by atoms with Crippen molar-refractivity contribution >= 4 is 41.0 Å². The van der Waals surface area contributed by atoms with Gasteiger partial charge in [0.05, 0.1) is 16.9 Å². The fourth-order valence-electron chi connectivity index (χ4n) is 7.89. The number of nitrogens with zero attached hydrogens (tertiary/aromatic N) is 2. The van der Waals surface area contributed by atoms with Crippen LogP contribution in [0.25, 0.3) is 0 Å². The number of hydrogen-bond acceptors (Lipinski definition) is 8. The van der Waals surface area contributed by atoms with Gasteiger partial charge in [-0.05, 0) is 127 Å². The number of cyclic esters (lactones) is 1. The van der Waals surface area contributed by atoms with Gasteiger partial charge in [0.15, 0.2) is 5.60 Å². The van der Waals surface area contributed by atoms with Crippen molar-refractivity contribution in [3.8, 4) is 23.0 Å². The molecule has 3 aliphatic rings. The van der Waals surface area contributed by atoms with E-state index < -0.39 is 35.2 Å². The van der Waals surface area contributed by atoms with Crippen LogP contribution < -0.4 is 19.3 Å². The SMILES string of the molecule is Cc1cc(Oc2ccc(N3C(=O)C=CC3=O)cc2)c(C(C)C)cc1C1(c2cc(C(C)C)c(Oc3ccc(N4C(=O)C=CC4=O)cc3)cc2C)OC(=O)c2ccccc21. The average molecular weight is 773 g/mol. The zero-order valence-corrected chi connectivity index (χ0v) is 32.9. The van der Waals surface area contributed by atoms with Crippen LogP contribution in [0.15, 0.2) is 121 Å². The first kappa shape index (κ1) is 37.8. The molecule has 10 nitrogen and oxygen atoms in total. The molecule has 0 unspecified atom stereocenters. The number of amides is 4. The molecule has 0 bridgehead atoms. The first-order valence-electron chi connectivity index (χ1n) is 19.1. The van der Waals surface area contributed by atoms with E-state index in [1.54, 1.807) is 54.6 Å². The maximum Gasteiger partial charge on any atom is 0.340 e. The third-order valence-electron chi connectivity index (χ3n) is 10.8. The molecule has 5 aromatic rings. The van der Waals surface area contributed by atoms with E-state index in [0.29, 0.717) is 39.9 Å². The van der Waals surface area contributed by atoms with Crippen LogP contribution in [0.4, 0.5) is 11.4 Å². The molecule has 0 radical (unpaired) electrons. The van der Waals surface area contributed by atoms with Gasteiger partial charge in [0.1, 0.15) is 23.0 Å². The standard InChI is InChI=1S/C48H40N2O8/c1-27(2)36-25-39(29(5)23-41(36)56-33-15-11-31(12-16-33)49-43(51)19-20-44(49)52)48(38-10-8-7-9-35(38)47(55)58-48)40-26-37(28(3)4)42(24-30(40)6)57-34-17-13-32(14-18-34)50-45(53)21-22-46(50)54/h7-28H,1-6H3. The van der Waals surface area contributed by atoms with Gasteiger partial charge in [0.25, 0.3) is 23.6 Å². The fraction of sp³-hybridized carbons (Fsp3) is 0.188. The molecular formula is C48H40N2O8. The number of aryl methyl sites for hydroxylation is 2. The molecule has 0 aromatic heterocycles. The first-order valence-corrected chi connectivity index (χ1v) is 19.1. The van der Waals surface area contributed by atoms with Crippen LogP contribution in [0.5, 0.6) is 23.0 Å². The van der Waals surface area contributed by atoms with E-state index in [1.165, 1.54) is 24.3 Å². The quantitative estimate of drug-likeness (QED) is 0.102. The second-order valence-electron chi connectivity index (χ2n) is 15.2. The highest BCUT2D eigenvalue weighted by molar-refractivity contribution is 6.28. The maximum absolute atomic E-state index is 13.9. The molecule has 58 heavy (non-hydrogen) atoms. The summed E-state index contributed by atoms with van der Waals surface area (Å²) in [6.07, 6.45) is 4.99. The molecule has 8 rings (SSSR count). The molecule has 4 amide bonds. The molecule has 0 saturated heterocycles. The lowest BCUT2D eigenvalue weighted by Crippen LogP contribution is -2.32. The largest absolute Gasteiger partial charge is 0.457 e. The van der Waals surface area contributed by atoms with Crippen molar-refractivity contribution in [1.29, 1.82) is 0 Å². The minimum absolute atomic E-state index is 0.00334. The normalized spacial score (nSPS) is 15.6. The summed E-state index contributed by atoms with van der Waals surface area (Å²) in [4.78, 5) is 65.0. The van der Waals surface area contributed by atoms with E-state index in [-0.39, 0.29) is 11.8 Å². The van der Waals surface area contributed by atoms with E-state index in [1.807, 2.05) is 44.2 Å². The van der Waals surface area contributed by atoms with Crippen molar-refractivity contribution in [3.05, 3.63) is 166 Å². The highest BCUT2D eigenvalue weighted by Crippen LogP contribution is 2.52. The number of benzene rings is 5. The number of hydrogen-bond donors (Lipinski definition) is 0. The molecule has 5 aromatic carbocycles. The van der Waals surface area contributed by atoms with Crippen molar-refractivity contribution in [3.63, 3.8) is 0 Å². The zero-order chi connectivity index (χ0) is 41.0. The van der Waals surface area contributed by atoms with Gasteiger partial charge < -0.3 is 14.2 Å². The van der Waals surface area contributed by atoms with Crippen LogP contribution in [0.3, 0.4) is 0 Å². The van der Waals surface area contributed by atoms with Crippen LogP contribution >= 0.6 is 0 Å². The minimum Gasteiger partial charge on any atom is -0.457 e. The molecule has 0 N–H and O–H groups in total. The number of carbonyl (C=O) groups is 5. The van der Waals surface area contributed by atoms with Gasteiger partial charge >= 0.3 is 5.97 Å². The van der Waals surface area contributed by atoms with Crippen LogP contribution in [0.2, 0.25) is 0 Å². The van der Waals surface area contributed by atoms with Gasteiger partial charge in [-0.2, -0.15) is 0 Å². The fourth-order valence-corrected chi connectivity index (χ4v) is 7.89. The number of esters is 1. The molecule has 3 heterocycles. The lowest BCUT2D eigenvalue weighted by molar-refractivity contribution is -0.121. The van der Waals surface area contributed by atoms with E-state index in [4.69, 9.17) is 14.2 Å². The Kier molecular flexibility index (Phi) is 9.43. The van der Waals surface area contributed by atoms with E-state index in [2.05, 4.69) is 39.8 Å². The predicted octanol–water partition coefficient (Wildman–Crippen LogP) is 9.46. The lowest BCUT2D eigenvalue weighted by atomic mass is 9.74. The molecule has 290 valence electrons. The predicted molar refractivity (Wildman–Crippen MR) is 219 cm³/mol. The summed E-state index contributed by atoms with van der Waals surface area (Å²) in [6, 6.07) is 29.1. The second-order valence-corrected chi connectivity index (χ2v) is 15.2. The zero-order valence-electron chi connectivity index (χ0n) is 32.9. The molecule has 10 heteroatoms. The van der Waals surface area contributed by atoms with Crippen molar-refractivity contribution in [1.82, 2.24) is 0 Å². The summed E-state index contributed by atoms with van der Waals surface area (Å²) in [6.45, 7) is 12.2. The van der Waals surface area contributed by atoms with Crippen LogP contribution in [0.1, 0.15) is 88.8 Å². The summed E-state index contributed by atoms with van der Waals surface area (Å²) in [5.41, 5.74) is 5.80. The van der Waals surface area contributed by atoms with Gasteiger partial charge in [-0.3, -0.25) is 19.2 Å².